The van der Waals surface area contributed by atoms with Crippen molar-refractivity contribution in [3.05, 3.63) is 0 Å². The number of likely N-dealkylation sites (N-methyl/N-ethyl adjacent to an activating group) is 1. The zero-order valence-electron chi connectivity index (χ0n) is 12.4. The molecule has 1 rings (SSSR count). The Morgan fingerprint density at radius 3 is 2.53 bits per heavy atom. The summed E-state index contributed by atoms with van der Waals surface area (Å²) in [6, 6.07) is -0.913. The molecule has 1 fully saturated rings. The standard InChI is InChI=1S/C14H26N2O3/c1-5-10(12(17)18)16(4)13(19)15-11-8-6-7-9-14(11,2)3/h10-11H,5-9H2,1-4H3,(H,15,19)(H,17,18). The molecule has 5 heteroatoms. The molecule has 0 aromatic carbocycles. The van der Waals surface area contributed by atoms with Crippen LogP contribution in [0.4, 0.5) is 4.79 Å². The van der Waals surface area contributed by atoms with Crippen molar-refractivity contribution in [2.45, 2.75) is 65.0 Å². The van der Waals surface area contributed by atoms with Crippen LogP contribution in [0.2, 0.25) is 0 Å². The number of hydrogen-bond acceptors (Lipinski definition) is 2. The molecule has 5 nitrogen and oxygen atoms in total. The number of carbonyl (C=O) groups excluding carboxylic acids is 1. The van der Waals surface area contributed by atoms with Gasteiger partial charge in [0.1, 0.15) is 6.04 Å². The fraction of sp³-hybridized carbons (Fsp3) is 0.857. The molecule has 1 aliphatic rings. The number of nitrogens with one attached hydrogen (secondary N) is 1. The first-order valence-corrected chi connectivity index (χ1v) is 7.05. The molecule has 0 radical (unpaired) electrons. The van der Waals surface area contributed by atoms with E-state index in [0.717, 1.165) is 19.3 Å². The van der Waals surface area contributed by atoms with Gasteiger partial charge in [-0.05, 0) is 24.7 Å². The summed E-state index contributed by atoms with van der Waals surface area (Å²) in [6.45, 7) is 6.09. The Bertz CT molecular complexity index is 342. The van der Waals surface area contributed by atoms with Crippen LogP contribution >= 0.6 is 0 Å². The Labute approximate surface area is 115 Å². The zero-order chi connectivity index (χ0) is 14.6. The van der Waals surface area contributed by atoms with E-state index in [1.807, 2.05) is 0 Å². The predicted molar refractivity (Wildman–Crippen MR) is 74.0 cm³/mol. The molecular weight excluding hydrogens is 244 g/mol. The van der Waals surface area contributed by atoms with Crippen LogP contribution in [-0.4, -0.2) is 41.1 Å². The van der Waals surface area contributed by atoms with Crippen LogP contribution in [0.25, 0.3) is 0 Å². The van der Waals surface area contributed by atoms with E-state index in [0.29, 0.717) is 6.42 Å². The number of carboxylic acid groups (broad SMARTS) is 1. The molecule has 1 saturated carbocycles. The lowest BCUT2D eigenvalue weighted by atomic mass is 9.73. The van der Waals surface area contributed by atoms with Crippen LogP contribution in [0.3, 0.4) is 0 Å². The Kier molecular flexibility index (Phi) is 5.20. The third-order valence-corrected chi connectivity index (χ3v) is 4.26. The number of urea groups is 1. The fourth-order valence-corrected chi connectivity index (χ4v) is 2.77. The quantitative estimate of drug-likeness (QED) is 0.824. The number of aliphatic carboxylic acids is 1. The maximum atomic E-state index is 12.2. The number of carboxylic acids is 1. The Morgan fingerprint density at radius 1 is 1.42 bits per heavy atom. The highest BCUT2D eigenvalue weighted by Crippen LogP contribution is 2.35. The first-order valence-electron chi connectivity index (χ1n) is 7.05. The maximum Gasteiger partial charge on any atom is 0.326 e. The molecule has 0 aromatic heterocycles. The van der Waals surface area contributed by atoms with E-state index in [1.54, 1.807) is 14.0 Å². The van der Waals surface area contributed by atoms with Crippen LogP contribution in [0.1, 0.15) is 52.9 Å². The van der Waals surface area contributed by atoms with Gasteiger partial charge >= 0.3 is 12.0 Å². The maximum absolute atomic E-state index is 12.2. The Morgan fingerprint density at radius 2 is 2.05 bits per heavy atom. The van der Waals surface area contributed by atoms with Gasteiger partial charge in [0.25, 0.3) is 0 Å². The number of nitrogens with zero attached hydrogens (tertiary/aromatic N) is 1. The topological polar surface area (TPSA) is 69.6 Å². The molecule has 0 spiro atoms. The first-order chi connectivity index (χ1) is 8.79. The summed E-state index contributed by atoms with van der Waals surface area (Å²) in [4.78, 5) is 24.5. The van der Waals surface area contributed by atoms with Gasteiger partial charge < -0.3 is 15.3 Å². The van der Waals surface area contributed by atoms with Crippen molar-refractivity contribution in [3.8, 4) is 0 Å². The minimum Gasteiger partial charge on any atom is -0.480 e. The molecule has 2 amide bonds. The molecule has 2 atom stereocenters. The zero-order valence-corrected chi connectivity index (χ0v) is 12.4. The van der Waals surface area contributed by atoms with Gasteiger partial charge in [0, 0.05) is 13.1 Å². The number of hydrogen-bond donors (Lipinski definition) is 2. The van der Waals surface area contributed by atoms with E-state index in [4.69, 9.17) is 5.11 Å². The minimum atomic E-state index is -0.956. The highest BCUT2D eigenvalue weighted by Gasteiger charge is 2.35. The highest BCUT2D eigenvalue weighted by atomic mass is 16.4. The van der Waals surface area contributed by atoms with Gasteiger partial charge in [-0.2, -0.15) is 0 Å². The van der Waals surface area contributed by atoms with Crippen LogP contribution in [0, 0.1) is 5.41 Å². The average Bonchev–Trinajstić information content (AvgIpc) is 2.31. The Hall–Kier alpha value is -1.26. The van der Waals surface area contributed by atoms with E-state index >= 15 is 0 Å². The van der Waals surface area contributed by atoms with Crippen molar-refractivity contribution in [2.75, 3.05) is 7.05 Å². The van der Waals surface area contributed by atoms with Crippen molar-refractivity contribution in [3.63, 3.8) is 0 Å². The second-order valence-electron chi connectivity index (χ2n) is 6.11. The van der Waals surface area contributed by atoms with Gasteiger partial charge in [0.2, 0.25) is 0 Å². The van der Waals surface area contributed by atoms with Crippen LogP contribution < -0.4 is 5.32 Å². The second kappa shape index (κ2) is 6.26. The van der Waals surface area contributed by atoms with Crippen molar-refractivity contribution >= 4 is 12.0 Å². The van der Waals surface area contributed by atoms with Gasteiger partial charge in [0.05, 0.1) is 0 Å². The normalized spacial score (nSPS) is 23.5. The summed E-state index contributed by atoms with van der Waals surface area (Å²) in [6.07, 6.45) is 4.79. The molecular formula is C14H26N2O3. The minimum absolute atomic E-state index is 0.0830. The van der Waals surface area contributed by atoms with E-state index in [-0.39, 0.29) is 17.5 Å². The predicted octanol–water partition coefficient (Wildman–Crippen LogP) is 2.46. The molecule has 19 heavy (non-hydrogen) atoms. The monoisotopic (exact) mass is 270 g/mol. The number of carbonyl (C=O) groups is 2. The molecule has 0 aromatic rings. The lowest BCUT2D eigenvalue weighted by Gasteiger charge is -2.40. The smallest absolute Gasteiger partial charge is 0.326 e. The summed E-state index contributed by atoms with van der Waals surface area (Å²) >= 11 is 0. The summed E-state index contributed by atoms with van der Waals surface area (Å²) in [5, 5.41) is 12.1. The lowest BCUT2D eigenvalue weighted by molar-refractivity contribution is -0.141. The van der Waals surface area contributed by atoms with Crippen LogP contribution in [-0.2, 0) is 4.79 Å². The lowest BCUT2D eigenvalue weighted by Crippen LogP contribution is -2.54. The largest absolute Gasteiger partial charge is 0.480 e. The van der Waals surface area contributed by atoms with Gasteiger partial charge in [-0.3, -0.25) is 0 Å². The summed E-state index contributed by atoms with van der Waals surface area (Å²) in [5.74, 6) is -0.956. The molecule has 0 bridgehead atoms. The third kappa shape index (κ3) is 3.85. The molecule has 0 aliphatic heterocycles. The van der Waals surface area contributed by atoms with E-state index in [9.17, 15) is 9.59 Å². The summed E-state index contributed by atoms with van der Waals surface area (Å²) in [5.41, 5.74) is 0.0830. The molecule has 2 unspecified atom stereocenters. The summed E-state index contributed by atoms with van der Waals surface area (Å²) in [7, 11) is 1.55. The van der Waals surface area contributed by atoms with Gasteiger partial charge in [-0.25, -0.2) is 9.59 Å². The summed E-state index contributed by atoms with van der Waals surface area (Å²) < 4.78 is 0. The highest BCUT2D eigenvalue weighted by molar-refractivity contribution is 5.82. The van der Waals surface area contributed by atoms with E-state index < -0.39 is 12.0 Å². The number of rotatable bonds is 4. The van der Waals surface area contributed by atoms with Crippen molar-refractivity contribution in [1.82, 2.24) is 10.2 Å². The number of amides is 2. The van der Waals surface area contributed by atoms with Crippen molar-refractivity contribution in [1.29, 1.82) is 0 Å². The van der Waals surface area contributed by atoms with Crippen LogP contribution in [0.15, 0.2) is 0 Å². The van der Waals surface area contributed by atoms with Gasteiger partial charge in [0.15, 0.2) is 0 Å². The Balaban J connectivity index is 2.65. The average molecular weight is 270 g/mol. The van der Waals surface area contributed by atoms with E-state index in [2.05, 4.69) is 19.2 Å². The fourth-order valence-electron chi connectivity index (χ4n) is 2.77. The third-order valence-electron chi connectivity index (χ3n) is 4.26. The molecule has 0 heterocycles. The van der Waals surface area contributed by atoms with Crippen molar-refractivity contribution < 1.29 is 14.7 Å². The SMILES string of the molecule is CCC(C(=O)O)N(C)C(=O)NC1CCCCC1(C)C. The molecule has 1 aliphatic carbocycles. The van der Waals surface area contributed by atoms with E-state index in [1.165, 1.54) is 11.3 Å². The van der Waals surface area contributed by atoms with Gasteiger partial charge in [-0.1, -0.05) is 33.6 Å². The van der Waals surface area contributed by atoms with Crippen LogP contribution in [0.5, 0.6) is 0 Å². The van der Waals surface area contributed by atoms with Gasteiger partial charge in [-0.15, -0.1) is 0 Å². The first kappa shape index (κ1) is 15.8. The molecule has 110 valence electrons. The molecule has 0 saturated heterocycles. The second-order valence-corrected chi connectivity index (χ2v) is 6.11. The molecule has 2 N–H and O–H groups in total. The van der Waals surface area contributed by atoms with Crippen molar-refractivity contribution in [2.24, 2.45) is 5.41 Å².